The van der Waals surface area contributed by atoms with E-state index in [0.717, 1.165) is 11.0 Å². The van der Waals surface area contributed by atoms with Gasteiger partial charge in [-0.2, -0.15) is 0 Å². The number of rotatable bonds is 3. The summed E-state index contributed by atoms with van der Waals surface area (Å²) in [5.74, 6) is 0.688. The third kappa shape index (κ3) is 1.90. The van der Waals surface area contributed by atoms with Gasteiger partial charge >= 0.3 is 5.69 Å². The molecule has 1 N–H and O–H groups in total. The van der Waals surface area contributed by atoms with Gasteiger partial charge in [-0.3, -0.25) is 13.9 Å². The van der Waals surface area contributed by atoms with Crippen LogP contribution >= 0.6 is 0 Å². The molecule has 0 amide bonds. The third-order valence-electron chi connectivity index (χ3n) is 2.86. The van der Waals surface area contributed by atoms with Gasteiger partial charge in [0.15, 0.2) is 5.65 Å². The van der Waals surface area contributed by atoms with Crippen LogP contribution in [-0.4, -0.2) is 19.1 Å². The maximum Gasteiger partial charge on any atom is 0.332 e. The number of hydrogen-bond acceptors (Lipinski definition) is 3. The Morgan fingerprint density at radius 1 is 1.22 bits per heavy atom. The largest absolute Gasteiger partial charge is 0.336 e. The van der Waals surface area contributed by atoms with E-state index in [2.05, 4.69) is 16.9 Å². The number of aromatic nitrogens is 4. The van der Waals surface area contributed by atoms with Gasteiger partial charge in [0.05, 0.1) is 0 Å². The second-order valence-corrected chi connectivity index (χ2v) is 4.17. The van der Waals surface area contributed by atoms with Crippen molar-refractivity contribution in [2.75, 3.05) is 0 Å². The van der Waals surface area contributed by atoms with Gasteiger partial charge in [-0.1, -0.05) is 19.1 Å². The van der Waals surface area contributed by atoms with Crippen molar-refractivity contribution < 1.29 is 0 Å². The highest BCUT2D eigenvalue weighted by atomic mass is 16.2. The number of hydrogen-bond donors (Lipinski definition) is 1. The Hall–Kier alpha value is -2.11. The highest BCUT2D eigenvalue weighted by Gasteiger charge is 2.12. The lowest BCUT2D eigenvalue weighted by molar-refractivity contribution is 0.708. The van der Waals surface area contributed by atoms with Crippen LogP contribution in [-0.2, 0) is 20.5 Å². The highest BCUT2D eigenvalue weighted by molar-refractivity contribution is 5.69. The first-order chi connectivity index (χ1) is 8.56. The molecule has 6 nitrogen and oxygen atoms in total. The number of nitrogens with zero attached hydrogens (tertiary/aromatic N) is 3. The molecule has 0 atom stereocenters. The van der Waals surface area contributed by atoms with E-state index in [1.807, 2.05) is 12.2 Å². The zero-order valence-corrected chi connectivity index (χ0v) is 10.7. The van der Waals surface area contributed by atoms with Crippen molar-refractivity contribution in [2.45, 2.75) is 19.8 Å². The van der Waals surface area contributed by atoms with Gasteiger partial charge in [0.1, 0.15) is 11.3 Å². The van der Waals surface area contributed by atoms with Gasteiger partial charge in [-0.25, -0.2) is 9.78 Å². The fourth-order valence-corrected chi connectivity index (χ4v) is 1.83. The molecule has 0 aliphatic carbocycles. The molecule has 18 heavy (non-hydrogen) atoms. The van der Waals surface area contributed by atoms with Crippen molar-refractivity contribution >= 4 is 11.2 Å². The Morgan fingerprint density at radius 3 is 2.61 bits per heavy atom. The molecular formula is C12H16N4O2. The third-order valence-corrected chi connectivity index (χ3v) is 2.86. The topological polar surface area (TPSA) is 72.7 Å². The number of H-pyrrole nitrogens is 1. The first-order valence-electron chi connectivity index (χ1n) is 5.85. The molecule has 2 heterocycles. The van der Waals surface area contributed by atoms with Crippen LogP contribution < -0.4 is 11.2 Å². The summed E-state index contributed by atoms with van der Waals surface area (Å²) >= 11 is 0. The molecule has 0 aliphatic heterocycles. The Balaban J connectivity index is 2.61. The van der Waals surface area contributed by atoms with E-state index < -0.39 is 0 Å². The molecular weight excluding hydrogens is 232 g/mol. The standard InChI is InChI=1S/C12H16N4O2/c1-4-5-6-7-8-13-9-10(14-8)15(2)12(18)16(3)11(9)17/h5-6H,4,7H2,1-3H3,(H,13,14). The zero-order valence-electron chi connectivity index (χ0n) is 10.7. The quantitative estimate of drug-likeness (QED) is 0.802. The van der Waals surface area contributed by atoms with Gasteiger partial charge in [0.2, 0.25) is 0 Å². The monoisotopic (exact) mass is 248 g/mol. The second-order valence-electron chi connectivity index (χ2n) is 4.17. The van der Waals surface area contributed by atoms with E-state index >= 15 is 0 Å². The molecule has 0 saturated heterocycles. The van der Waals surface area contributed by atoms with E-state index in [-0.39, 0.29) is 11.2 Å². The van der Waals surface area contributed by atoms with Gasteiger partial charge in [0.25, 0.3) is 5.56 Å². The van der Waals surface area contributed by atoms with Gasteiger partial charge in [-0.05, 0) is 6.42 Å². The van der Waals surface area contributed by atoms with Crippen molar-refractivity contribution in [2.24, 2.45) is 14.1 Å². The summed E-state index contributed by atoms with van der Waals surface area (Å²) < 4.78 is 2.45. The number of aryl methyl sites for hydroxylation is 1. The van der Waals surface area contributed by atoms with Crippen molar-refractivity contribution in [3.8, 4) is 0 Å². The number of aromatic amines is 1. The lowest BCUT2D eigenvalue weighted by atomic mass is 10.3. The Bertz CT molecular complexity index is 718. The molecule has 0 bridgehead atoms. The highest BCUT2D eigenvalue weighted by Crippen LogP contribution is 2.05. The molecule has 0 saturated carbocycles. The Labute approximate surface area is 104 Å². The summed E-state index contributed by atoms with van der Waals surface area (Å²) in [4.78, 5) is 30.9. The summed E-state index contributed by atoms with van der Waals surface area (Å²) in [6.45, 7) is 2.05. The van der Waals surface area contributed by atoms with Crippen LogP contribution in [0.15, 0.2) is 21.7 Å². The number of imidazole rings is 1. The molecule has 0 radical (unpaired) electrons. The summed E-state index contributed by atoms with van der Waals surface area (Å²) in [5.41, 5.74) is 0.0727. The van der Waals surface area contributed by atoms with Crippen molar-refractivity contribution in [1.82, 2.24) is 19.1 Å². The van der Waals surface area contributed by atoms with Crippen LogP contribution in [0.1, 0.15) is 19.2 Å². The molecule has 96 valence electrons. The average molecular weight is 248 g/mol. The van der Waals surface area contributed by atoms with E-state index in [0.29, 0.717) is 23.4 Å². The normalized spacial score (nSPS) is 11.7. The fraction of sp³-hybridized carbons (Fsp3) is 0.417. The predicted molar refractivity (Wildman–Crippen MR) is 69.7 cm³/mol. The maximum atomic E-state index is 11.9. The van der Waals surface area contributed by atoms with Crippen molar-refractivity contribution in [1.29, 1.82) is 0 Å². The Kier molecular flexibility index (Phi) is 3.18. The van der Waals surface area contributed by atoms with Crippen LogP contribution in [0.3, 0.4) is 0 Å². The molecule has 2 aromatic rings. The van der Waals surface area contributed by atoms with E-state index in [1.165, 1.54) is 11.6 Å². The van der Waals surface area contributed by atoms with Gasteiger partial charge in [0, 0.05) is 20.5 Å². The lowest BCUT2D eigenvalue weighted by Gasteiger charge is -2.00. The van der Waals surface area contributed by atoms with Crippen LogP contribution in [0.2, 0.25) is 0 Å². The average Bonchev–Trinajstić information content (AvgIpc) is 2.78. The van der Waals surface area contributed by atoms with Crippen LogP contribution in [0.25, 0.3) is 11.2 Å². The minimum Gasteiger partial charge on any atom is -0.336 e. The molecule has 0 spiro atoms. The molecule has 2 aromatic heterocycles. The van der Waals surface area contributed by atoms with Gasteiger partial charge in [-0.15, -0.1) is 0 Å². The first-order valence-corrected chi connectivity index (χ1v) is 5.85. The molecule has 0 aliphatic rings. The SMILES string of the molecule is CCC=CCc1nc2c([nH]1)c(=O)n(C)c(=O)n2C. The molecule has 0 unspecified atom stereocenters. The summed E-state index contributed by atoms with van der Waals surface area (Å²) in [6.07, 6.45) is 5.60. The smallest absolute Gasteiger partial charge is 0.332 e. The van der Waals surface area contributed by atoms with Crippen molar-refractivity contribution in [3.63, 3.8) is 0 Å². The summed E-state index contributed by atoms with van der Waals surface area (Å²) in [6, 6.07) is 0. The minimum absolute atomic E-state index is 0.341. The van der Waals surface area contributed by atoms with E-state index in [9.17, 15) is 9.59 Å². The number of fused-ring (bicyclic) bond motifs is 1. The molecule has 6 heteroatoms. The van der Waals surface area contributed by atoms with Crippen LogP contribution in [0, 0.1) is 0 Å². The van der Waals surface area contributed by atoms with Gasteiger partial charge < -0.3 is 4.98 Å². The second kappa shape index (κ2) is 4.64. The minimum atomic E-state index is -0.366. The molecule has 0 aromatic carbocycles. The van der Waals surface area contributed by atoms with Crippen LogP contribution in [0.5, 0.6) is 0 Å². The molecule has 2 rings (SSSR count). The van der Waals surface area contributed by atoms with E-state index in [4.69, 9.17) is 0 Å². The van der Waals surface area contributed by atoms with Crippen LogP contribution in [0.4, 0.5) is 0 Å². The maximum absolute atomic E-state index is 11.9. The Morgan fingerprint density at radius 2 is 1.94 bits per heavy atom. The predicted octanol–water partition coefficient (Wildman–Crippen LogP) is 0.469. The first kappa shape index (κ1) is 12.3. The fourth-order valence-electron chi connectivity index (χ4n) is 1.83. The lowest BCUT2D eigenvalue weighted by Crippen LogP contribution is -2.36. The number of nitrogens with one attached hydrogen (secondary N) is 1. The number of allylic oxidation sites excluding steroid dienone is 2. The summed E-state index contributed by atoms with van der Waals surface area (Å²) in [5, 5.41) is 0. The summed E-state index contributed by atoms with van der Waals surface area (Å²) in [7, 11) is 3.07. The van der Waals surface area contributed by atoms with E-state index in [1.54, 1.807) is 7.05 Å². The zero-order chi connectivity index (χ0) is 13.3. The molecule has 0 fully saturated rings. The van der Waals surface area contributed by atoms with Crippen molar-refractivity contribution in [3.05, 3.63) is 38.8 Å².